The van der Waals surface area contributed by atoms with E-state index < -0.39 is 0 Å². The molecule has 4 rings (SSSR count). The van der Waals surface area contributed by atoms with E-state index in [4.69, 9.17) is 4.74 Å². The van der Waals surface area contributed by atoms with Crippen molar-refractivity contribution in [3.63, 3.8) is 0 Å². The number of carbonyl (C=O) groups excluding carboxylic acids is 1. The number of ether oxygens (including phenoxy) is 1. The van der Waals surface area contributed by atoms with Crippen molar-refractivity contribution in [1.82, 2.24) is 14.8 Å². The van der Waals surface area contributed by atoms with Gasteiger partial charge in [-0.25, -0.2) is 4.98 Å². The zero-order valence-electron chi connectivity index (χ0n) is 18.0. The van der Waals surface area contributed by atoms with E-state index in [0.717, 1.165) is 43.9 Å². The van der Waals surface area contributed by atoms with Crippen molar-refractivity contribution in [2.45, 2.75) is 13.5 Å². The Balaban J connectivity index is 1.43. The molecular weight excluding hydrogens is 388 g/mol. The summed E-state index contributed by atoms with van der Waals surface area (Å²) in [6, 6.07) is 19.0. The first kappa shape index (κ1) is 21.0. The third-order valence-corrected chi connectivity index (χ3v) is 5.49. The Labute approximate surface area is 183 Å². The zero-order valence-corrected chi connectivity index (χ0v) is 18.0. The van der Waals surface area contributed by atoms with Crippen LogP contribution >= 0.6 is 0 Å². The van der Waals surface area contributed by atoms with Gasteiger partial charge in [0.1, 0.15) is 5.75 Å². The van der Waals surface area contributed by atoms with E-state index in [1.807, 2.05) is 55.5 Å². The summed E-state index contributed by atoms with van der Waals surface area (Å²) in [5, 5.41) is 2.99. The van der Waals surface area contributed by atoms with Gasteiger partial charge in [-0.1, -0.05) is 24.3 Å². The van der Waals surface area contributed by atoms with Crippen LogP contribution in [0.4, 0.5) is 5.69 Å². The summed E-state index contributed by atoms with van der Waals surface area (Å²) in [5.74, 6) is 1.05. The maximum Gasteiger partial charge on any atom is 0.255 e. The van der Waals surface area contributed by atoms with Gasteiger partial charge in [0.05, 0.1) is 0 Å². The number of piperazine rings is 1. The first-order valence-electron chi connectivity index (χ1n) is 10.6. The molecule has 0 atom stereocenters. The summed E-state index contributed by atoms with van der Waals surface area (Å²) < 4.78 is 5.88. The minimum atomic E-state index is -0.132. The van der Waals surface area contributed by atoms with Gasteiger partial charge in [0.15, 0.2) is 0 Å². The van der Waals surface area contributed by atoms with Crippen LogP contribution < -0.4 is 10.1 Å². The molecule has 1 aliphatic rings. The van der Waals surface area contributed by atoms with Gasteiger partial charge in [0, 0.05) is 62.3 Å². The molecule has 0 spiro atoms. The molecule has 6 nitrogen and oxygen atoms in total. The molecule has 1 saturated heterocycles. The number of carbonyl (C=O) groups is 1. The molecule has 0 bridgehead atoms. The molecule has 0 unspecified atom stereocenters. The summed E-state index contributed by atoms with van der Waals surface area (Å²) in [7, 11) is 2.15. The minimum Gasteiger partial charge on any atom is -0.439 e. The SMILES string of the molecule is Cc1ccc(NC(=O)c2cccc(CN3CCN(C)CC3)c2)cc1Oc1ccccn1. The molecule has 6 heteroatoms. The van der Waals surface area contributed by atoms with E-state index in [2.05, 4.69) is 33.2 Å². The lowest BCUT2D eigenvalue weighted by molar-refractivity contribution is 0.102. The standard InChI is InChI=1S/C25H28N4O2/c1-19-9-10-22(17-23(19)31-24-8-3-4-11-26-24)27-25(30)21-7-5-6-20(16-21)18-29-14-12-28(2)13-15-29/h3-11,16-17H,12-15,18H2,1-2H3,(H,27,30). The van der Waals surface area contributed by atoms with Crippen LogP contribution in [0.3, 0.4) is 0 Å². The fourth-order valence-electron chi connectivity index (χ4n) is 3.59. The molecule has 160 valence electrons. The highest BCUT2D eigenvalue weighted by atomic mass is 16.5. The maximum absolute atomic E-state index is 12.9. The van der Waals surface area contributed by atoms with E-state index >= 15 is 0 Å². The Morgan fingerprint density at radius 1 is 1.03 bits per heavy atom. The highest BCUT2D eigenvalue weighted by Crippen LogP contribution is 2.27. The molecule has 1 aromatic heterocycles. The van der Waals surface area contributed by atoms with Crippen LogP contribution in [-0.4, -0.2) is 53.9 Å². The fourth-order valence-corrected chi connectivity index (χ4v) is 3.59. The molecule has 1 amide bonds. The maximum atomic E-state index is 12.9. The molecule has 31 heavy (non-hydrogen) atoms. The van der Waals surface area contributed by atoms with Gasteiger partial charge in [0.25, 0.3) is 5.91 Å². The number of rotatable bonds is 6. The second kappa shape index (κ2) is 9.73. The summed E-state index contributed by atoms with van der Waals surface area (Å²) in [4.78, 5) is 21.8. The molecular formula is C25H28N4O2. The Hall–Kier alpha value is -3.22. The zero-order chi connectivity index (χ0) is 21.6. The number of benzene rings is 2. The number of aromatic nitrogens is 1. The normalized spacial score (nSPS) is 14.9. The second-order valence-electron chi connectivity index (χ2n) is 7.98. The Morgan fingerprint density at radius 3 is 2.65 bits per heavy atom. The summed E-state index contributed by atoms with van der Waals surface area (Å²) in [5.41, 5.74) is 3.46. The number of nitrogens with one attached hydrogen (secondary N) is 1. The smallest absolute Gasteiger partial charge is 0.255 e. The molecule has 1 fully saturated rings. The Kier molecular flexibility index (Phi) is 6.60. The van der Waals surface area contributed by atoms with Gasteiger partial charge >= 0.3 is 0 Å². The predicted octanol–water partition coefficient (Wildman–Crippen LogP) is 4.18. The van der Waals surface area contributed by atoms with Gasteiger partial charge in [-0.15, -0.1) is 0 Å². The van der Waals surface area contributed by atoms with Crippen LogP contribution in [0.5, 0.6) is 11.6 Å². The predicted molar refractivity (Wildman–Crippen MR) is 123 cm³/mol. The molecule has 2 heterocycles. The van der Waals surface area contributed by atoms with Crippen molar-refractivity contribution < 1.29 is 9.53 Å². The summed E-state index contributed by atoms with van der Waals surface area (Å²) in [6.07, 6.45) is 1.69. The monoisotopic (exact) mass is 416 g/mol. The van der Waals surface area contributed by atoms with Gasteiger partial charge in [-0.2, -0.15) is 0 Å². The molecule has 2 aromatic carbocycles. The summed E-state index contributed by atoms with van der Waals surface area (Å²) >= 11 is 0. The van der Waals surface area contributed by atoms with Gasteiger partial charge < -0.3 is 15.0 Å². The number of hydrogen-bond donors (Lipinski definition) is 1. The van der Waals surface area contributed by atoms with E-state index in [9.17, 15) is 4.79 Å². The van der Waals surface area contributed by atoms with Crippen LogP contribution in [0.1, 0.15) is 21.5 Å². The topological polar surface area (TPSA) is 57.7 Å². The number of anilines is 1. The lowest BCUT2D eigenvalue weighted by Crippen LogP contribution is -2.43. The van der Waals surface area contributed by atoms with Crippen molar-refractivity contribution >= 4 is 11.6 Å². The first-order valence-corrected chi connectivity index (χ1v) is 10.6. The van der Waals surface area contributed by atoms with Crippen LogP contribution in [0.15, 0.2) is 66.9 Å². The molecule has 1 aliphatic heterocycles. The van der Waals surface area contributed by atoms with Crippen LogP contribution in [0, 0.1) is 6.92 Å². The number of aryl methyl sites for hydroxylation is 1. The van der Waals surface area contributed by atoms with E-state index in [1.165, 1.54) is 0 Å². The highest BCUT2D eigenvalue weighted by molar-refractivity contribution is 6.04. The highest BCUT2D eigenvalue weighted by Gasteiger charge is 2.15. The Morgan fingerprint density at radius 2 is 1.87 bits per heavy atom. The number of amides is 1. The average molecular weight is 417 g/mol. The van der Waals surface area contributed by atoms with Gasteiger partial charge in [0.2, 0.25) is 5.88 Å². The number of likely N-dealkylation sites (N-methyl/N-ethyl adjacent to an activating group) is 1. The molecule has 3 aromatic rings. The minimum absolute atomic E-state index is 0.132. The van der Waals surface area contributed by atoms with Crippen molar-refractivity contribution in [3.05, 3.63) is 83.6 Å². The third kappa shape index (κ3) is 5.69. The van der Waals surface area contributed by atoms with E-state index in [-0.39, 0.29) is 5.91 Å². The van der Waals surface area contributed by atoms with Crippen LogP contribution in [-0.2, 0) is 6.54 Å². The van der Waals surface area contributed by atoms with Gasteiger partial charge in [-0.05, 0) is 49.4 Å². The lowest BCUT2D eigenvalue weighted by Gasteiger charge is -2.32. The molecule has 1 N–H and O–H groups in total. The number of pyridine rings is 1. The van der Waals surface area contributed by atoms with Crippen molar-refractivity contribution in [3.8, 4) is 11.6 Å². The first-order chi connectivity index (χ1) is 15.1. The average Bonchev–Trinajstić information content (AvgIpc) is 2.78. The second-order valence-corrected chi connectivity index (χ2v) is 7.98. The van der Waals surface area contributed by atoms with Gasteiger partial charge in [-0.3, -0.25) is 9.69 Å². The third-order valence-electron chi connectivity index (χ3n) is 5.49. The Bertz CT molecular complexity index is 1030. The molecule has 0 saturated carbocycles. The van der Waals surface area contributed by atoms with E-state index in [0.29, 0.717) is 22.9 Å². The van der Waals surface area contributed by atoms with Crippen molar-refractivity contribution in [1.29, 1.82) is 0 Å². The number of hydrogen-bond acceptors (Lipinski definition) is 5. The fraction of sp³-hybridized carbons (Fsp3) is 0.280. The molecule has 0 radical (unpaired) electrons. The molecule has 0 aliphatic carbocycles. The largest absolute Gasteiger partial charge is 0.439 e. The van der Waals surface area contributed by atoms with Crippen LogP contribution in [0.25, 0.3) is 0 Å². The summed E-state index contributed by atoms with van der Waals surface area (Å²) in [6.45, 7) is 7.09. The number of nitrogens with zero attached hydrogens (tertiary/aromatic N) is 3. The lowest BCUT2D eigenvalue weighted by atomic mass is 10.1. The van der Waals surface area contributed by atoms with E-state index in [1.54, 1.807) is 12.3 Å². The van der Waals surface area contributed by atoms with Crippen molar-refractivity contribution in [2.24, 2.45) is 0 Å². The quantitative estimate of drug-likeness (QED) is 0.653. The van der Waals surface area contributed by atoms with Crippen molar-refractivity contribution in [2.75, 3.05) is 38.5 Å². The van der Waals surface area contributed by atoms with Crippen LogP contribution in [0.2, 0.25) is 0 Å².